The molecular formula is C29H35N5O8S. The van der Waals surface area contributed by atoms with E-state index in [1.54, 1.807) is 0 Å². The van der Waals surface area contributed by atoms with Gasteiger partial charge in [0.05, 0.1) is 10.6 Å². The minimum absolute atomic E-state index is 0.0521. The van der Waals surface area contributed by atoms with Gasteiger partial charge in [-0.3, -0.25) is 9.36 Å². The highest BCUT2D eigenvalue weighted by molar-refractivity contribution is 7.89. The molecule has 14 heteroatoms. The van der Waals surface area contributed by atoms with E-state index in [1.165, 1.54) is 45.0 Å². The first-order valence-electron chi connectivity index (χ1n) is 13.3. The quantitative estimate of drug-likeness (QED) is 0.175. The molecule has 0 fully saturated rings. The Hall–Kier alpha value is -4.61. The van der Waals surface area contributed by atoms with Gasteiger partial charge in [-0.25, -0.2) is 18.0 Å². The zero-order valence-corrected chi connectivity index (χ0v) is 25.4. The summed E-state index contributed by atoms with van der Waals surface area (Å²) in [5.74, 6) is -1.78. The van der Waals surface area contributed by atoms with E-state index in [2.05, 4.69) is 23.4 Å². The van der Waals surface area contributed by atoms with E-state index < -0.39 is 33.4 Å². The largest absolute Gasteiger partial charge is 0.493 e. The van der Waals surface area contributed by atoms with E-state index in [0.717, 1.165) is 15.3 Å². The van der Waals surface area contributed by atoms with E-state index in [4.69, 9.17) is 9.47 Å². The molecule has 0 saturated carbocycles. The lowest BCUT2D eigenvalue weighted by atomic mass is 10.1. The first-order chi connectivity index (χ1) is 20.3. The molecule has 1 N–H and O–H groups in total. The first kappa shape index (κ1) is 34.6. The third-order valence-electron chi connectivity index (χ3n) is 6.09. The van der Waals surface area contributed by atoms with Crippen molar-refractivity contribution in [2.45, 2.75) is 52.0 Å². The van der Waals surface area contributed by atoms with Gasteiger partial charge in [-0.2, -0.15) is 14.7 Å². The molecule has 1 aromatic heterocycles. The number of unbranched alkanes of at least 4 members (excludes halogenated alkanes) is 1. The molecular weight excluding hydrogens is 578 g/mol. The number of aromatic nitrogens is 1. The molecule has 0 saturated heterocycles. The average molecular weight is 614 g/mol. The second-order valence-electron chi connectivity index (χ2n) is 9.52. The number of esters is 2. The summed E-state index contributed by atoms with van der Waals surface area (Å²) < 4.78 is 39.0. The van der Waals surface area contributed by atoms with Crippen molar-refractivity contribution in [1.82, 2.24) is 8.87 Å². The minimum Gasteiger partial charge on any atom is -0.493 e. The highest BCUT2D eigenvalue weighted by Gasteiger charge is 2.25. The van der Waals surface area contributed by atoms with Gasteiger partial charge in [-0.05, 0) is 51.5 Å². The van der Waals surface area contributed by atoms with Crippen LogP contribution in [0.15, 0.2) is 68.5 Å². The molecule has 0 spiro atoms. The van der Waals surface area contributed by atoms with Crippen molar-refractivity contribution in [1.29, 1.82) is 5.26 Å². The van der Waals surface area contributed by atoms with Crippen LogP contribution in [-0.2, 0) is 35.6 Å². The molecule has 13 nitrogen and oxygen atoms in total. The molecule has 43 heavy (non-hydrogen) atoms. The predicted octanol–water partition coefficient (Wildman–Crippen LogP) is 4.18. The number of nitriles is 1. The van der Waals surface area contributed by atoms with Crippen LogP contribution < -0.4 is 5.56 Å². The van der Waals surface area contributed by atoms with Crippen LogP contribution in [0.2, 0.25) is 0 Å². The van der Waals surface area contributed by atoms with Crippen molar-refractivity contribution < 1.29 is 32.6 Å². The Labute approximate surface area is 250 Å². The van der Waals surface area contributed by atoms with Crippen molar-refractivity contribution in [2.24, 2.45) is 10.2 Å². The van der Waals surface area contributed by atoms with Gasteiger partial charge >= 0.3 is 11.9 Å². The van der Waals surface area contributed by atoms with Crippen LogP contribution in [0.3, 0.4) is 0 Å². The van der Waals surface area contributed by atoms with Gasteiger partial charge in [-0.1, -0.05) is 26.5 Å². The van der Waals surface area contributed by atoms with Crippen LogP contribution in [0.4, 0.5) is 11.4 Å². The van der Waals surface area contributed by atoms with Gasteiger partial charge in [0, 0.05) is 36.3 Å². The van der Waals surface area contributed by atoms with E-state index in [1.807, 2.05) is 13.0 Å². The summed E-state index contributed by atoms with van der Waals surface area (Å²) in [5.41, 5.74) is -0.136. The third-order valence-corrected chi connectivity index (χ3v) is 8.00. The Morgan fingerprint density at radius 1 is 1.05 bits per heavy atom. The van der Waals surface area contributed by atoms with Gasteiger partial charge in [0.1, 0.15) is 24.8 Å². The number of hydrogen-bond donors (Lipinski definition) is 1. The number of hydrogen-bond acceptors (Lipinski definition) is 11. The minimum atomic E-state index is -4.14. The Morgan fingerprint density at radius 3 is 2.05 bits per heavy atom. The lowest BCUT2D eigenvalue weighted by Gasteiger charge is -2.22. The fourth-order valence-corrected chi connectivity index (χ4v) is 5.01. The van der Waals surface area contributed by atoms with E-state index in [9.17, 15) is 33.2 Å². The SMILES string of the molecule is C=C(C)C(=O)OCCN(CCOC(=O)C(=C)C)S(=O)(=O)c1ccc(N=Nc2c(C)c(C#N)c(=O)n(CCCC)c2O)cc1. The molecule has 0 atom stereocenters. The summed E-state index contributed by atoms with van der Waals surface area (Å²) in [5, 5.41) is 28.3. The van der Waals surface area contributed by atoms with Crippen molar-refractivity contribution in [3.8, 4) is 11.9 Å². The summed E-state index contributed by atoms with van der Waals surface area (Å²) in [4.78, 5) is 36.0. The van der Waals surface area contributed by atoms with E-state index >= 15 is 0 Å². The number of carbonyl (C=O) groups excluding carboxylic acids is 2. The number of rotatable bonds is 15. The number of aromatic hydroxyl groups is 1. The maximum atomic E-state index is 13.4. The topological polar surface area (TPSA) is 181 Å². The van der Waals surface area contributed by atoms with Crippen LogP contribution in [0, 0.1) is 18.3 Å². The van der Waals surface area contributed by atoms with E-state index in [-0.39, 0.29) is 71.4 Å². The van der Waals surface area contributed by atoms with Crippen LogP contribution >= 0.6 is 0 Å². The third kappa shape index (κ3) is 8.94. The van der Waals surface area contributed by atoms with Crippen molar-refractivity contribution in [2.75, 3.05) is 26.3 Å². The van der Waals surface area contributed by atoms with Crippen LogP contribution in [0.25, 0.3) is 0 Å². The molecule has 2 aromatic rings. The maximum absolute atomic E-state index is 13.4. The number of sulfonamides is 1. The first-order valence-corrected chi connectivity index (χ1v) is 14.7. The second kappa shape index (κ2) is 15.6. The number of nitrogens with zero attached hydrogens (tertiary/aromatic N) is 5. The lowest BCUT2D eigenvalue weighted by Crippen LogP contribution is -2.37. The number of benzene rings is 1. The van der Waals surface area contributed by atoms with Gasteiger partial charge in [0.15, 0.2) is 5.69 Å². The highest BCUT2D eigenvalue weighted by Crippen LogP contribution is 2.32. The molecule has 0 unspecified atom stereocenters. The van der Waals surface area contributed by atoms with Gasteiger partial charge in [0.25, 0.3) is 5.56 Å². The molecule has 0 aliphatic rings. The zero-order valence-electron chi connectivity index (χ0n) is 24.6. The maximum Gasteiger partial charge on any atom is 0.333 e. The molecule has 2 rings (SSSR count). The van der Waals surface area contributed by atoms with Crippen molar-refractivity contribution in [3.05, 3.63) is 70.1 Å². The van der Waals surface area contributed by atoms with Gasteiger partial charge in [-0.15, -0.1) is 5.11 Å². The second-order valence-corrected chi connectivity index (χ2v) is 11.5. The molecule has 1 heterocycles. The highest BCUT2D eigenvalue weighted by atomic mass is 32.2. The Morgan fingerprint density at radius 2 is 1.58 bits per heavy atom. The van der Waals surface area contributed by atoms with Gasteiger partial charge in [0.2, 0.25) is 15.9 Å². The normalized spacial score (nSPS) is 11.3. The molecule has 0 bridgehead atoms. The summed E-state index contributed by atoms with van der Waals surface area (Å²) in [6.07, 6.45) is 1.35. The molecule has 0 radical (unpaired) electrons. The van der Waals surface area contributed by atoms with Crippen LogP contribution in [0.5, 0.6) is 5.88 Å². The number of azo groups is 1. The predicted molar refractivity (Wildman–Crippen MR) is 158 cm³/mol. The van der Waals surface area contributed by atoms with Gasteiger partial charge < -0.3 is 14.6 Å². The Bertz CT molecular complexity index is 1590. The number of pyridine rings is 1. The monoisotopic (exact) mass is 613 g/mol. The van der Waals surface area contributed by atoms with Crippen LogP contribution in [0.1, 0.15) is 44.7 Å². The lowest BCUT2D eigenvalue weighted by molar-refractivity contribution is -0.139. The average Bonchev–Trinajstić information content (AvgIpc) is 2.96. The summed E-state index contributed by atoms with van der Waals surface area (Å²) in [6.45, 7) is 12.5. The Balaban J connectivity index is 2.34. The Kier molecular flexibility index (Phi) is 12.5. The molecule has 0 aliphatic heterocycles. The summed E-state index contributed by atoms with van der Waals surface area (Å²) in [6, 6.07) is 7.17. The zero-order chi connectivity index (χ0) is 32.3. The molecule has 0 amide bonds. The molecule has 0 aliphatic carbocycles. The van der Waals surface area contributed by atoms with E-state index in [0.29, 0.717) is 6.42 Å². The van der Waals surface area contributed by atoms with Crippen molar-refractivity contribution in [3.63, 3.8) is 0 Å². The molecule has 1 aromatic carbocycles. The van der Waals surface area contributed by atoms with Crippen molar-refractivity contribution >= 4 is 33.3 Å². The summed E-state index contributed by atoms with van der Waals surface area (Å²) >= 11 is 0. The van der Waals surface area contributed by atoms with Crippen LogP contribution in [-0.4, -0.2) is 60.6 Å². The fourth-order valence-electron chi connectivity index (χ4n) is 3.60. The molecule has 230 valence electrons. The summed E-state index contributed by atoms with van der Waals surface area (Å²) in [7, 11) is -4.14. The smallest absolute Gasteiger partial charge is 0.333 e. The number of ether oxygens (including phenoxy) is 2. The number of carbonyl (C=O) groups is 2. The fraction of sp³-hybridized carbons (Fsp3) is 0.379. The standard InChI is InChI=1S/C29H35N5O8S/c1-7-8-13-34-26(35)24(18-30)21(6)25(27(34)36)32-31-22-9-11-23(12-10-22)43(39,40)33(14-16-41-28(37)19(2)3)15-17-42-29(38)20(4)5/h9-12,36H,2,4,7-8,13-17H2,1,3,5-6H3.